The molecule has 0 aliphatic heterocycles. The van der Waals surface area contributed by atoms with Crippen molar-refractivity contribution in [3.63, 3.8) is 0 Å². The van der Waals surface area contributed by atoms with Crippen molar-refractivity contribution < 1.29 is 4.74 Å². The summed E-state index contributed by atoms with van der Waals surface area (Å²) < 4.78 is 6.86. The number of nitrogens with two attached hydrogens (primary N) is 1. The first kappa shape index (κ1) is 8.16. The van der Waals surface area contributed by atoms with Crippen LogP contribution in [-0.2, 0) is 11.3 Å². The largest absolute Gasteiger partial charge is 0.378 e. The molecule has 1 rings (SSSR count). The Bertz CT molecular complexity index is 175. The van der Waals surface area contributed by atoms with Crippen LogP contribution in [-0.4, -0.2) is 34.8 Å². The van der Waals surface area contributed by atoms with E-state index in [-0.39, 0.29) is 0 Å². The van der Waals surface area contributed by atoms with Gasteiger partial charge in [-0.3, -0.25) is 4.68 Å². The fraction of sp³-hybridized carbons (Fsp3) is 0.667. The van der Waals surface area contributed by atoms with Crippen molar-refractivity contribution in [2.24, 2.45) is 5.73 Å². The van der Waals surface area contributed by atoms with E-state index < -0.39 is 0 Å². The molecule has 1 heterocycles. The van der Waals surface area contributed by atoms with Gasteiger partial charge in [-0.15, -0.1) is 5.10 Å². The molecule has 0 radical (unpaired) electrons. The molecule has 5 nitrogen and oxygen atoms in total. The van der Waals surface area contributed by atoms with Crippen molar-refractivity contribution in [3.8, 4) is 0 Å². The molecule has 5 heteroatoms. The molecule has 0 fully saturated rings. The van der Waals surface area contributed by atoms with Crippen LogP contribution in [0, 0.1) is 0 Å². The van der Waals surface area contributed by atoms with Crippen molar-refractivity contribution in [2.75, 3.05) is 19.8 Å². The molecule has 1 aromatic rings. The number of rotatable bonds is 5. The maximum Gasteiger partial charge on any atom is 0.0692 e. The molecular weight excluding hydrogens is 144 g/mol. The van der Waals surface area contributed by atoms with Crippen molar-refractivity contribution >= 4 is 0 Å². The average molecular weight is 156 g/mol. The minimum absolute atomic E-state index is 0.567. The molecule has 0 saturated carbocycles. The number of hydrogen-bond donors (Lipinski definition) is 1. The molecule has 11 heavy (non-hydrogen) atoms. The van der Waals surface area contributed by atoms with Crippen LogP contribution in [0.15, 0.2) is 12.4 Å². The van der Waals surface area contributed by atoms with Gasteiger partial charge in [-0.25, -0.2) is 0 Å². The number of ether oxygens (including phenoxy) is 1. The quantitative estimate of drug-likeness (QED) is 0.570. The maximum atomic E-state index is 5.23. The van der Waals surface area contributed by atoms with Gasteiger partial charge in [0.15, 0.2) is 0 Å². The van der Waals surface area contributed by atoms with E-state index >= 15 is 0 Å². The topological polar surface area (TPSA) is 66.0 Å². The minimum atomic E-state index is 0.567. The van der Waals surface area contributed by atoms with Gasteiger partial charge in [0.2, 0.25) is 0 Å². The lowest BCUT2D eigenvalue weighted by molar-refractivity contribution is 0.130. The molecule has 0 saturated heterocycles. The second-order valence-electron chi connectivity index (χ2n) is 2.07. The third-order valence-electron chi connectivity index (χ3n) is 1.20. The summed E-state index contributed by atoms with van der Waals surface area (Å²) in [7, 11) is 0. The zero-order valence-electron chi connectivity index (χ0n) is 6.31. The van der Waals surface area contributed by atoms with Crippen LogP contribution < -0.4 is 5.73 Å². The Labute approximate surface area is 65.1 Å². The van der Waals surface area contributed by atoms with E-state index in [1.807, 2.05) is 0 Å². The van der Waals surface area contributed by atoms with Gasteiger partial charge in [0.25, 0.3) is 0 Å². The normalized spacial score (nSPS) is 10.3. The lowest BCUT2D eigenvalue weighted by Gasteiger charge is -2.00. The average Bonchev–Trinajstić information content (AvgIpc) is 2.50. The predicted octanol–water partition coefficient (Wildman–Crippen LogP) is -0.747. The highest BCUT2D eigenvalue weighted by molar-refractivity contribution is 4.63. The van der Waals surface area contributed by atoms with Gasteiger partial charge in [-0.05, 0) is 0 Å². The van der Waals surface area contributed by atoms with Crippen molar-refractivity contribution in [1.29, 1.82) is 0 Å². The fourth-order valence-electron chi connectivity index (χ4n) is 0.695. The fourth-order valence-corrected chi connectivity index (χ4v) is 0.695. The minimum Gasteiger partial charge on any atom is -0.378 e. The molecule has 62 valence electrons. The Kier molecular flexibility index (Phi) is 3.57. The molecule has 0 aliphatic carbocycles. The van der Waals surface area contributed by atoms with Gasteiger partial charge in [0, 0.05) is 12.7 Å². The van der Waals surface area contributed by atoms with Gasteiger partial charge < -0.3 is 10.5 Å². The Balaban J connectivity index is 2.04. The first-order valence-electron chi connectivity index (χ1n) is 3.55. The number of aromatic nitrogens is 3. The van der Waals surface area contributed by atoms with Crippen molar-refractivity contribution in [2.45, 2.75) is 6.54 Å². The molecule has 0 spiro atoms. The molecule has 0 bridgehead atoms. The molecule has 0 atom stereocenters. The summed E-state index contributed by atoms with van der Waals surface area (Å²) in [6.45, 7) is 2.55. The highest BCUT2D eigenvalue weighted by Crippen LogP contribution is 1.81. The van der Waals surface area contributed by atoms with Gasteiger partial charge in [-0.2, -0.15) is 0 Å². The SMILES string of the molecule is NCCOCCn1ccnn1. The summed E-state index contributed by atoms with van der Waals surface area (Å²) in [6.07, 6.45) is 3.44. The maximum absolute atomic E-state index is 5.23. The second kappa shape index (κ2) is 4.81. The van der Waals surface area contributed by atoms with Crippen molar-refractivity contribution in [3.05, 3.63) is 12.4 Å². The third-order valence-corrected chi connectivity index (χ3v) is 1.20. The highest BCUT2D eigenvalue weighted by Gasteiger charge is 1.89. The number of nitrogens with zero attached hydrogens (tertiary/aromatic N) is 3. The predicted molar refractivity (Wildman–Crippen MR) is 39.9 cm³/mol. The molecule has 0 amide bonds. The van der Waals surface area contributed by atoms with Crippen LogP contribution in [0.2, 0.25) is 0 Å². The Hall–Kier alpha value is -0.940. The van der Waals surface area contributed by atoms with Crippen molar-refractivity contribution in [1.82, 2.24) is 15.0 Å². The summed E-state index contributed by atoms with van der Waals surface area (Å²) in [5, 5.41) is 7.42. The summed E-state index contributed by atoms with van der Waals surface area (Å²) in [6, 6.07) is 0. The molecular formula is C6H12N4O. The van der Waals surface area contributed by atoms with Crippen LogP contribution in [0.5, 0.6) is 0 Å². The lowest BCUT2D eigenvalue weighted by atomic mass is 10.6. The summed E-state index contributed by atoms with van der Waals surface area (Å²) in [4.78, 5) is 0. The summed E-state index contributed by atoms with van der Waals surface area (Å²) >= 11 is 0. The standard InChI is InChI=1S/C6H12N4O/c7-1-5-11-6-4-10-3-2-8-9-10/h2-3H,1,4-7H2. The zero-order valence-corrected chi connectivity index (χ0v) is 6.31. The van der Waals surface area contributed by atoms with E-state index in [1.54, 1.807) is 17.1 Å². The van der Waals surface area contributed by atoms with Crippen LogP contribution in [0.3, 0.4) is 0 Å². The monoisotopic (exact) mass is 156 g/mol. The van der Waals surface area contributed by atoms with E-state index in [0.717, 1.165) is 6.54 Å². The lowest BCUT2D eigenvalue weighted by Crippen LogP contribution is -2.12. The van der Waals surface area contributed by atoms with E-state index in [1.165, 1.54) is 0 Å². The highest BCUT2D eigenvalue weighted by atomic mass is 16.5. The van der Waals surface area contributed by atoms with E-state index in [9.17, 15) is 0 Å². The smallest absolute Gasteiger partial charge is 0.0692 e. The molecule has 0 aromatic carbocycles. The third kappa shape index (κ3) is 3.10. The van der Waals surface area contributed by atoms with Crippen LogP contribution in [0.1, 0.15) is 0 Å². The first-order valence-corrected chi connectivity index (χ1v) is 3.55. The first-order chi connectivity index (χ1) is 5.43. The van der Waals surface area contributed by atoms with Gasteiger partial charge in [-0.1, -0.05) is 5.21 Å². The Morgan fingerprint density at radius 3 is 3.00 bits per heavy atom. The molecule has 2 N–H and O–H groups in total. The summed E-state index contributed by atoms with van der Waals surface area (Å²) in [5.74, 6) is 0. The molecule has 0 unspecified atom stereocenters. The van der Waals surface area contributed by atoms with Crippen LogP contribution in [0.4, 0.5) is 0 Å². The van der Waals surface area contributed by atoms with Gasteiger partial charge >= 0.3 is 0 Å². The van der Waals surface area contributed by atoms with Gasteiger partial charge in [0.05, 0.1) is 26.0 Å². The van der Waals surface area contributed by atoms with Crippen LogP contribution >= 0.6 is 0 Å². The van der Waals surface area contributed by atoms with E-state index in [2.05, 4.69) is 10.3 Å². The summed E-state index contributed by atoms with van der Waals surface area (Å²) in [5.41, 5.74) is 5.23. The van der Waals surface area contributed by atoms with Crippen LogP contribution in [0.25, 0.3) is 0 Å². The Morgan fingerprint density at radius 2 is 2.36 bits per heavy atom. The number of hydrogen-bond acceptors (Lipinski definition) is 4. The zero-order chi connectivity index (χ0) is 7.94. The Morgan fingerprint density at radius 1 is 1.45 bits per heavy atom. The molecule has 1 aromatic heterocycles. The van der Waals surface area contributed by atoms with E-state index in [4.69, 9.17) is 10.5 Å². The van der Waals surface area contributed by atoms with Gasteiger partial charge in [0.1, 0.15) is 0 Å². The second-order valence-corrected chi connectivity index (χ2v) is 2.07. The molecule has 0 aliphatic rings. The van der Waals surface area contributed by atoms with E-state index in [0.29, 0.717) is 19.8 Å².